The molecule has 132 valence electrons. The highest BCUT2D eigenvalue weighted by Crippen LogP contribution is 2.40. The molecule has 4 rings (SSSR count). The van der Waals surface area contributed by atoms with Crippen molar-refractivity contribution in [3.63, 3.8) is 0 Å². The van der Waals surface area contributed by atoms with Crippen LogP contribution >= 0.6 is 11.8 Å². The SMILES string of the molecule is CCn1c(SC(C)C(=O)Nc2ccc3c(c2)CCC3)nnc1C1CC1. The number of thioether (sulfide) groups is 1. The molecule has 2 aliphatic rings. The molecule has 1 fully saturated rings. The molecule has 6 heteroatoms. The normalized spacial score (nSPS) is 17.4. The first-order valence-corrected chi connectivity index (χ1v) is 10.1. The summed E-state index contributed by atoms with van der Waals surface area (Å²) in [5.41, 5.74) is 3.69. The molecule has 1 atom stereocenters. The Balaban J connectivity index is 1.42. The Morgan fingerprint density at radius 3 is 2.88 bits per heavy atom. The molecule has 0 spiro atoms. The van der Waals surface area contributed by atoms with Crippen molar-refractivity contribution in [2.45, 2.75) is 68.8 Å². The first-order valence-electron chi connectivity index (χ1n) is 9.18. The predicted octanol–water partition coefficient (Wildman–Crippen LogP) is 3.78. The van der Waals surface area contributed by atoms with Crippen LogP contribution in [0.2, 0.25) is 0 Å². The third-order valence-electron chi connectivity index (χ3n) is 5.02. The van der Waals surface area contributed by atoms with E-state index in [1.807, 2.05) is 13.0 Å². The van der Waals surface area contributed by atoms with Crippen molar-refractivity contribution in [3.8, 4) is 0 Å². The number of benzene rings is 1. The number of anilines is 1. The Kier molecular flexibility index (Phi) is 4.54. The topological polar surface area (TPSA) is 59.8 Å². The van der Waals surface area contributed by atoms with Crippen molar-refractivity contribution in [1.82, 2.24) is 14.8 Å². The molecule has 1 N–H and O–H groups in total. The van der Waals surface area contributed by atoms with Crippen molar-refractivity contribution in [2.75, 3.05) is 5.32 Å². The van der Waals surface area contributed by atoms with E-state index in [0.717, 1.165) is 36.1 Å². The lowest BCUT2D eigenvalue weighted by molar-refractivity contribution is -0.115. The Hall–Kier alpha value is -1.82. The highest BCUT2D eigenvalue weighted by Gasteiger charge is 2.30. The summed E-state index contributed by atoms with van der Waals surface area (Å²) in [5.74, 6) is 1.66. The fourth-order valence-corrected chi connectivity index (χ4v) is 4.35. The molecule has 1 saturated carbocycles. The zero-order valence-electron chi connectivity index (χ0n) is 14.8. The van der Waals surface area contributed by atoms with Crippen LogP contribution in [-0.2, 0) is 24.2 Å². The first kappa shape index (κ1) is 16.6. The number of hydrogen-bond donors (Lipinski definition) is 1. The number of nitrogens with zero attached hydrogens (tertiary/aromatic N) is 3. The van der Waals surface area contributed by atoms with Gasteiger partial charge in [0, 0.05) is 18.2 Å². The molecule has 1 aromatic carbocycles. The van der Waals surface area contributed by atoms with Gasteiger partial charge in [0.15, 0.2) is 5.16 Å². The van der Waals surface area contributed by atoms with Gasteiger partial charge in [0.2, 0.25) is 5.91 Å². The van der Waals surface area contributed by atoms with E-state index in [2.05, 4.69) is 39.1 Å². The molecular weight excluding hydrogens is 332 g/mol. The third-order valence-corrected chi connectivity index (χ3v) is 6.10. The van der Waals surface area contributed by atoms with E-state index in [1.54, 1.807) is 0 Å². The van der Waals surface area contributed by atoms with Gasteiger partial charge in [0.25, 0.3) is 0 Å². The van der Waals surface area contributed by atoms with E-state index in [1.165, 1.54) is 42.2 Å². The van der Waals surface area contributed by atoms with Crippen LogP contribution < -0.4 is 5.32 Å². The average Bonchev–Trinajstić information content (AvgIpc) is 3.21. The summed E-state index contributed by atoms with van der Waals surface area (Å²) in [6.07, 6.45) is 5.90. The lowest BCUT2D eigenvalue weighted by atomic mass is 10.1. The number of rotatable bonds is 6. The van der Waals surface area contributed by atoms with Crippen molar-refractivity contribution in [2.24, 2.45) is 0 Å². The van der Waals surface area contributed by atoms with Crippen LogP contribution in [0.5, 0.6) is 0 Å². The summed E-state index contributed by atoms with van der Waals surface area (Å²) in [4.78, 5) is 12.6. The number of amides is 1. The zero-order chi connectivity index (χ0) is 17.4. The van der Waals surface area contributed by atoms with Gasteiger partial charge >= 0.3 is 0 Å². The van der Waals surface area contributed by atoms with Gasteiger partial charge in [-0.2, -0.15) is 0 Å². The molecule has 2 aliphatic carbocycles. The van der Waals surface area contributed by atoms with Crippen LogP contribution in [0.3, 0.4) is 0 Å². The molecule has 1 aromatic heterocycles. The van der Waals surface area contributed by atoms with Crippen LogP contribution in [0.15, 0.2) is 23.4 Å². The van der Waals surface area contributed by atoms with Crippen molar-refractivity contribution < 1.29 is 4.79 Å². The summed E-state index contributed by atoms with van der Waals surface area (Å²) in [6.45, 7) is 4.88. The summed E-state index contributed by atoms with van der Waals surface area (Å²) in [6, 6.07) is 6.28. The van der Waals surface area contributed by atoms with Crippen molar-refractivity contribution >= 4 is 23.4 Å². The highest BCUT2D eigenvalue weighted by atomic mass is 32.2. The smallest absolute Gasteiger partial charge is 0.237 e. The fourth-order valence-electron chi connectivity index (χ4n) is 3.43. The molecule has 1 unspecified atom stereocenters. The minimum absolute atomic E-state index is 0.0153. The van der Waals surface area contributed by atoms with E-state index in [9.17, 15) is 4.79 Å². The standard InChI is InChI=1S/C19H24N4OS/c1-3-23-17(14-7-8-14)21-22-19(23)25-12(2)18(24)20-16-10-9-13-5-4-6-15(13)11-16/h9-12,14H,3-8H2,1-2H3,(H,20,24). The lowest BCUT2D eigenvalue weighted by Gasteiger charge is -2.13. The van der Waals surface area contributed by atoms with E-state index in [-0.39, 0.29) is 11.2 Å². The number of nitrogens with one attached hydrogen (secondary N) is 1. The van der Waals surface area contributed by atoms with Crippen LogP contribution in [0.4, 0.5) is 5.69 Å². The second-order valence-electron chi connectivity index (χ2n) is 6.95. The van der Waals surface area contributed by atoms with E-state index >= 15 is 0 Å². The number of carbonyl (C=O) groups excluding carboxylic acids is 1. The molecule has 25 heavy (non-hydrogen) atoms. The van der Waals surface area contributed by atoms with Gasteiger partial charge in [-0.3, -0.25) is 4.79 Å². The summed E-state index contributed by atoms with van der Waals surface area (Å²) in [7, 11) is 0. The van der Waals surface area contributed by atoms with Crippen molar-refractivity contribution in [1.29, 1.82) is 0 Å². The average molecular weight is 356 g/mol. The summed E-state index contributed by atoms with van der Waals surface area (Å²) in [5, 5.41) is 12.4. The number of aromatic nitrogens is 3. The molecule has 0 aliphatic heterocycles. The van der Waals surface area contributed by atoms with Crippen LogP contribution in [0.1, 0.15) is 56.0 Å². The van der Waals surface area contributed by atoms with Gasteiger partial charge in [-0.1, -0.05) is 17.8 Å². The predicted molar refractivity (Wildman–Crippen MR) is 100 cm³/mol. The van der Waals surface area contributed by atoms with Gasteiger partial charge in [-0.15, -0.1) is 10.2 Å². The van der Waals surface area contributed by atoms with E-state index in [0.29, 0.717) is 5.92 Å². The Morgan fingerprint density at radius 2 is 2.12 bits per heavy atom. The van der Waals surface area contributed by atoms with Gasteiger partial charge < -0.3 is 9.88 Å². The molecule has 0 radical (unpaired) electrons. The quantitative estimate of drug-likeness (QED) is 0.800. The van der Waals surface area contributed by atoms with Gasteiger partial charge in [-0.05, 0) is 69.2 Å². The molecule has 1 heterocycles. The summed E-state index contributed by atoms with van der Waals surface area (Å²) < 4.78 is 2.15. The van der Waals surface area contributed by atoms with Crippen LogP contribution in [0.25, 0.3) is 0 Å². The number of carbonyl (C=O) groups is 1. The Labute approximate surface area is 152 Å². The fraction of sp³-hybridized carbons (Fsp3) is 0.526. The zero-order valence-corrected chi connectivity index (χ0v) is 15.6. The minimum Gasteiger partial charge on any atom is -0.325 e. The largest absolute Gasteiger partial charge is 0.325 e. The van der Waals surface area contributed by atoms with Crippen LogP contribution in [-0.4, -0.2) is 25.9 Å². The second kappa shape index (κ2) is 6.83. The Morgan fingerprint density at radius 1 is 1.32 bits per heavy atom. The number of fused-ring (bicyclic) bond motifs is 1. The van der Waals surface area contributed by atoms with Gasteiger partial charge in [-0.25, -0.2) is 0 Å². The van der Waals surface area contributed by atoms with E-state index in [4.69, 9.17) is 0 Å². The van der Waals surface area contributed by atoms with Crippen molar-refractivity contribution in [3.05, 3.63) is 35.2 Å². The van der Waals surface area contributed by atoms with Gasteiger partial charge in [0.05, 0.1) is 5.25 Å². The lowest BCUT2D eigenvalue weighted by Crippen LogP contribution is -2.23. The minimum atomic E-state index is -0.213. The first-order chi connectivity index (χ1) is 12.2. The number of hydrogen-bond acceptors (Lipinski definition) is 4. The maximum atomic E-state index is 12.6. The van der Waals surface area contributed by atoms with Gasteiger partial charge in [0.1, 0.15) is 5.82 Å². The number of aryl methyl sites for hydroxylation is 2. The molecule has 1 amide bonds. The van der Waals surface area contributed by atoms with E-state index < -0.39 is 0 Å². The molecule has 5 nitrogen and oxygen atoms in total. The molecule has 0 bridgehead atoms. The molecular formula is C19H24N4OS. The highest BCUT2D eigenvalue weighted by molar-refractivity contribution is 8.00. The molecule has 2 aromatic rings. The second-order valence-corrected chi connectivity index (χ2v) is 8.25. The Bertz CT molecular complexity index is 797. The molecule has 0 saturated heterocycles. The van der Waals surface area contributed by atoms with Crippen LogP contribution in [0, 0.1) is 0 Å². The maximum absolute atomic E-state index is 12.6. The monoisotopic (exact) mass is 356 g/mol. The summed E-state index contributed by atoms with van der Waals surface area (Å²) >= 11 is 1.49. The third kappa shape index (κ3) is 3.45. The maximum Gasteiger partial charge on any atom is 0.237 e.